The predicted octanol–water partition coefficient (Wildman–Crippen LogP) is 3.39. The van der Waals surface area contributed by atoms with Crippen LogP contribution < -0.4 is 0 Å². The van der Waals surface area contributed by atoms with Gasteiger partial charge in [-0.15, -0.1) is 0 Å². The molecule has 110 valence electrons. The Morgan fingerprint density at radius 3 is 2.26 bits per heavy atom. The molecule has 23 heavy (non-hydrogen) atoms. The topological polar surface area (TPSA) is 134 Å². The number of allylic oxidation sites excluding steroid dienone is 1. The Bertz CT molecular complexity index is 991. The first kappa shape index (κ1) is 14.4. The van der Waals surface area contributed by atoms with Gasteiger partial charge in [0.1, 0.15) is 17.7 Å². The lowest BCUT2D eigenvalue weighted by Gasteiger charge is -2.02. The molecule has 0 saturated heterocycles. The van der Waals surface area contributed by atoms with Crippen LogP contribution in [0.3, 0.4) is 0 Å². The molecule has 1 aromatic carbocycles. The van der Waals surface area contributed by atoms with Gasteiger partial charge >= 0.3 is 5.00 Å². The van der Waals surface area contributed by atoms with Crippen molar-refractivity contribution in [2.45, 2.75) is 0 Å². The predicted molar refractivity (Wildman–Crippen MR) is 80.3 cm³/mol. The van der Waals surface area contributed by atoms with Crippen LogP contribution in [0.4, 0.5) is 10.7 Å². The zero-order chi connectivity index (χ0) is 16.7. The summed E-state index contributed by atoms with van der Waals surface area (Å²) in [7, 11) is 0. The van der Waals surface area contributed by atoms with Crippen molar-refractivity contribution >= 4 is 27.6 Å². The molecule has 9 heteroatoms. The molecule has 0 unspecified atom stereocenters. The van der Waals surface area contributed by atoms with Gasteiger partial charge in [0.2, 0.25) is 0 Å². The second-order valence-corrected chi connectivity index (χ2v) is 5.58. The summed E-state index contributed by atoms with van der Waals surface area (Å²) in [6, 6.07) is 8.88. The van der Waals surface area contributed by atoms with Crippen LogP contribution in [0, 0.1) is 42.9 Å². The maximum Gasteiger partial charge on any atom is 0.325 e. The molecule has 0 radical (unpaired) electrons. The number of hydrogen-bond donors (Lipinski definition) is 0. The van der Waals surface area contributed by atoms with Crippen LogP contribution in [0.15, 0.2) is 29.8 Å². The van der Waals surface area contributed by atoms with Crippen molar-refractivity contribution < 1.29 is 9.85 Å². The zero-order valence-electron chi connectivity index (χ0n) is 11.1. The lowest BCUT2D eigenvalue weighted by molar-refractivity contribution is -0.384. The van der Waals surface area contributed by atoms with Gasteiger partial charge < -0.3 is 0 Å². The molecule has 0 saturated carbocycles. The summed E-state index contributed by atoms with van der Waals surface area (Å²) in [5.41, 5.74) is 1.20. The minimum absolute atomic E-state index is 0.119. The number of thiophene rings is 1. The van der Waals surface area contributed by atoms with E-state index < -0.39 is 9.85 Å². The number of benzene rings is 1. The summed E-state index contributed by atoms with van der Waals surface area (Å²) < 4.78 is 0. The third-order valence-electron chi connectivity index (χ3n) is 3.37. The van der Waals surface area contributed by atoms with Gasteiger partial charge in [-0.05, 0) is 17.2 Å². The Hall–Kier alpha value is -3.56. The van der Waals surface area contributed by atoms with E-state index in [0.717, 1.165) is 11.3 Å². The number of hydrogen-bond acceptors (Lipinski definition) is 7. The Labute approximate surface area is 132 Å². The van der Waals surface area contributed by atoms with Crippen molar-refractivity contribution in [3.63, 3.8) is 0 Å². The number of nitriles is 2. The first-order valence-corrected chi connectivity index (χ1v) is 6.91. The summed E-state index contributed by atoms with van der Waals surface area (Å²) in [5, 5.41) is 40.1. The molecule has 0 atom stereocenters. The van der Waals surface area contributed by atoms with E-state index >= 15 is 0 Å². The lowest BCUT2D eigenvalue weighted by Crippen LogP contribution is -1.91. The average molecular weight is 324 g/mol. The van der Waals surface area contributed by atoms with Crippen LogP contribution in [0.5, 0.6) is 0 Å². The quantitative estimate of drug-likeness (QED) is 0.403. The van der Waals surface area contributed by atoms with Crippen molar-refractivity contribution in [1.29, 1.82) is 10.5 Å². The third-order valence-corrected chi connectivity index (χ3v) is 4.48. The standard InChI is InChI=1S/C14H4N4O4S/c15-5-7(6-16)13-10-3-8(17(19)20)1-2-9(10)11-4-12(18(21)22)23-14(11)13/h1-4H. The van der Waals surface area contributed by atoms with Crippen LogP contribution in [-0.2, 0) is 0 Å². The van der Waals surface area contributed by atoms with Gasteiger partial charge in [0.25, 0.3) is 5.69 Å². The number of rotatable bonds is 2. The summed E-state index contributed by atoms with van der Waals surface area (Å²) in [4.78, 5) is 21.2. The van der Waals surface area contributed by atoms with Crippen molar-refractivity contribution in [1.82, 2.24) is 0 Å². The number of nitro benzene ring substituents is 1. The minimum atomic E-state index is -0.578. The average Bonchev–Trinajstić information content (AvgIpc) is 3.07. The van der Waals surface area contributed by atoms with E-state index in [1.165, 1.54) is 24.3 Å². The number of non-ortho nitro benzene ring substituents is 1. The van der Waals surface area contributed by atoms with Crippen LogP contribution in [0.2, 0.25) is 0 Å². The normalized spacial score (nSPS) is 11.1. The van der Waals surface area contributed by atoms with E-state index in [1.807, 2.05) is 0 Å². The van der Waals surface area contributed by atoms with Gasteiger partial charge in [-0.3, -0.25) is 20.2 Å². The van der Waals surface area contributed by atoms with E-state index in [1.54, 1.807) is 12.1 Å². The summed E-state index contributed by atoms with van der Waals surface area (Å²) in [6.45, 7) is 0. The van der Waals surface area contributed by atoms with E-state index in [9.17, 15) is 20.2 Å². The molecule has 3 rings (SSSR count). The van der Waals surface area contributed by atoms with Crippen molar-refractivity contribution in [3.05, 3.63) is 60.5 Å². The maximum absolute atomic E-state index is 11.0. The van der Waals surface area contributed by atoms with Gasteiger partial charge in [0.15, 0.2) is 0 Å². The van der Waals surface area contributed by atoms with Crippen molar-refractivity contribution in [2.24, 2.45) is 0 Å². The fourth-order valence-electron chi connectivity index (χ4n) is 2.45. The van der Waals surface area contributed by atoms with Crippen molar-refractivity contribution in [2.75, 3.05) is 0 Å². The molecule has 1 aromatic heterocycles. The largest absolute Gasteiger partial charge is 0.325 e. The fraction of sp³-hybridized carbons (Fsp3) is 0. The molecular weight excluding hydrogens is 320 g/mol. The smallest absolute Gasteiger partial charge is 0.258 e. The Morgan fingerprint density at radius 1 is 1.00 bits per heavy atom. The third kappa shape index (κ3) is 2.04. The summed E-state index contributed by atoms with van der Waals surface area (Å²) in [6.07, 6.45) is 0. The van der Waals surface area contributed by atoms with Gasteiger partial charge in [-0.2, -0.15) is 10.5 Å². The van der Waals surface area contributed by atoms with Gasteiger partial charge in [0, 0.05) is 29.3 Å². The molecule has 0 bridgehead atoms. The number of fused-ring (bicyclic) bond motifs is 3. The van der Waals surface area contributed by atoms with Crippen LogP contribution in [0.1, 0.15) is 10.4 Å². The molecule has 0 amide bonds. The zero-order valence-corrected chi connectivity index (χ0v) is 12.0. The second kappa shape index (κ2) is 5.02. The molecule has 0 fully saturated rings. The minimum Gasteiger partial charge on any atom is -0.258 e. The maximum atomic E-state index is 11.0. The molecule has 1 heterocycles. The first-order valence-electron chi connectivity index (χ1n) is 6.10. The molecule has 0 N–H and O–H groups in total. The summed E-state index contributed by atoms with van der Waals surface area (Å²) in [5.74, 6) is 0. The van der Waals surface area contributed by atoms with Gasteiger partial charge in [-0.25, -0.2) is 0 Å². The monoisotopic (exact) mass is 324 g/mol. The SMILES string of the molecule is N#CC(C#N)=C1c2cc([N+](=O)[O-])ccc2-c2cc([N+](=O)[O-])sc21. The lowest BCUT2D eigenvalue weighted by atomic mass is 10.0. The molecule has 0 spiro atoms. The fourth-order valence-corrected chi connectivity index (χ4v) is 3.50. The van der Waals surface area contributed by atoms with Crippen LogP contribution in [-0.4, -0.2) is 9.85 Å². The Morgan fingerprint density at radius 2 is 1.70 bits per heavy atom. The second-order valence-electron chi connectivity index (χ2n) is 4.55. The highest BCUT2D eigenvalue weighted by Gasteiger charge is 2.33. The molecular formula is C14H4N4O4S. The van der Waals surface area contributed by atoms with Gasteiger partial charge in [0.05, 0.1) is 14.7 Å². The van der Waals surface area contributed by atoms with E-state index in [4.69, 9.17) is 10.5 Å². The summed E-state index contributed by atoms with van der Waals surface area (Å²) >= 11 is 0.839. The van der Waals surface area contributed by atoms with Crippen LogP contribution >= 0.6 is 11.3 Å². The number of nitro groups is 2. The molecule has 2 aromatic rings. The highest BCUT2D eigenvalue weighted by Crippen LogP contribution is 2.52. The highest BCUT2D eigenvalue weighted by molar-refractivity contribution is 7.17. The molecule has 8 nitrogen and oxygen atoms in total. The highest BCUT2D eigenvalue weighted by atomic mass is 32.1. The molecule has 1 aliphatic rings. The van der Waals surface area contributed by atoms with Gasteiger partial charge in [-0.1, -0.05) is 11.3 Å². The Kier molecular flexibility index (Phi) is 3.14. The molecule has 1 aliphatic carbocycles. The number of nitrogens with zero attached hydrogens (tertiary/aromatic N) is 4. The molecule has 0 aliphatic heterocycles. The van der Waals surface area contributed by atoms with E-state index in [-0.39, 0.29) is 21.8 Å². The van der Waals surface area contributed by atoms with Crippen LogP contribution in [0.25, 0.3) is 16.7 Å². The Balaban J connectivity index is 2.39. The van der Waals surface area contributed by atoms with E-state index in [2.05, 4.69) is 0 Å². The van der Waals surface area contributed by atoms with E-state index in [0.29, 0.717) is 21.6 Å². The first-order chi connectivity index (χ1) is 11.0. The van der Waals surface area contributed by atoms with Crippen molar-refractivity contribution in [3.8, 4) is 23.3 Å².